The fourth-order valence-corrected chi connectivity index (χ4v) is 3.19. The zero-order valence-electron chi connectivity index (χ0n) is 16.6. The van der Waals surface area contributed by atoms with Gasteiger partial charge in [0.2, 0.25) is 11.8 Å². The van der Waals surface area contributed by atoms with E-state index in [1.54, 1.807) is 26.5 Å². The first-order valence-electron chi connectivity index (χ1n) is 8.60. The lowest BCUT2D eigenvalue weighted by molar-refractivity contribution is 0.364. The topological polar surface area (TPSA) is 80.7 Å². The quantitative estimate of drug-likeness (QED) is 0.229. The molecule has 7 nitrogen and oxygen atoms in total. The highest BCUT2D eigenvalue weighted by Gasteiger charge is 2.26. The summed E-state index contributed by atoms with van der Waals surface area (Å²) in [5.74, 6) is 0.899. The van der Waals surface area contributed by atoms with E-state index in [1.165, 1.54) is 11.8 Å². The van der Waals surface area contributed by atoms with Crippen molar-refractivity contribution >= 4 is 41.0 Å². The first-order valence-corrected chi connectivity index (χ1v) is 9.89. The zero-order chi connectivity index (χ0) is 20.6. The van der Waals surface area contributed by atoms with Crippen molar-refractivity contribution < 1.29 is 9.47 Å². The Kier molecular flexibility index (Phi) is 8.01. The SMILES string of the molecule is COc1cc(OC)nc(SC(C=NNC(=S)Nc2ccccc2)C(C)(C)C)n1. The number of anilines is 1. The molecule has 1 unspecified atom stereocenters. The number of hydrogen-bond donors (Lipinski definition) is 2. The Labute approximate surface area is 175 Å². The molecule has 150 valence electrons. The Morgan fingerprint density at radius 1 is 1.14 bits per heavy atom. The van der Waals surface area contributed by atoms with Gasteiger partial charge in [-0.25, -0.2) is 0 Å². The number of aromatic nitrogens is 2. The molecule has 28 heavy (non-hydrogen) atoms. The molecule has 1 atom stereocenters. The van der Waals surface area contributed by atoms with Gasteiger partial charge >= 0.3 is 0 Å². The number of nitrogens with one attached hydrogen (secondary N) is 2. The van der Waals surface area contributed by atoms with Gasteiger partial charge in [-0.1, -0.05) is 50.7 Å². The summed E-state index contributed by atoms with van der Waals surface area (Å²) in [6.45, 7) is 6.36. The maximum absolute atomic E-state index is 5.28. The van der Waals surface area contributed by atoms with Crippen molar-refractivity contribution in [2.75, 3.05) is 19.5 Å². The monoisotopic (exact) mass is 419 g/mol. The van der Waals surface area contributed by atoms with Gasteiger partial charge in [0.25, 0.3) is 0 Å². The van der Waals surface area contributed by atoms with Crippen LogP contribution in [-0.4, -0.2) is 40.8 Å². The molecule has 0 aliphatic rings. The van der Waals surface area contributed by atoms with E-state index in [1.807, 2.05) is 30.3 Å². The zero-order valence-corrected chi connectivity index (χ0v) is 18.2. The molecule has 0 bridgehead atoms. The minimum Gasteiger partial charge on any atom is -0.481 e. The lowest BCUT2D eigenvalue weighted by Crippen LogP contribution is -2.28. The largest absolute Gasteiger partial charge is 0.481 e. The average molecular weight is 420 g/mol. The lowest BCUT2D eigenvalue weighted by Gasteiger charge is -2.26. The van der Waals surface area contributed by atoms with Crippen molar-refractivity contribution in [1.82, 2.24) is 15.4 Å². The number of ether oxygens (including phenoxy) is 2. The second kappa shape index (κ2) is 10.2. The molecule has 9 heteroatoms. The molecule has 1 aromatic heterocycles. The molecule has 2 rings (SSSR count). The molecule has 0 spiro atoms. The number of benzene rings is 1. The Morgan fingerprint density at radius 2 is 1.75 bits per heavy atom. The number of hydrazone groups is 1. The third-order valence-electron chi connectivity index (χ3n) is 3.57. The molecule has 0 saturated heterocycles. The standard InChI is InChI=1S/C19H25N5O2S2/c1-19(2,3)14(28-18-22-15(25-4)11-16(23-18)26-5)12-20-24-17(27)21-13-9-7-6-8-10-13/h6-12,14H,1-5H3,(H2,21,24,27). The molecule has 1 heterocycles. The van der Waals surface area contributed by atoms with E-state index in [2.05, 4.69) is 46.6 Å². The van der Waals surface area contributed by atoms with E-state index in [4.69, 9.17) is 21.7 Å². The third kappa shape index (κ3) is 6.97. The highest BCUT2D eigenvalue weighted by molar-refractivity contribution is 8.00. The van der Waals surface area contributed by atoms with Crippen molar-refractivity contribution in [3.63, 3.8) is 0 Å². The number of rotatable bonds is 7. The third-order valence-corrected chi connectivity index (χ3v) is 5.24. The summed E-state index contributed by atoms with van der Waals surface area (Å²) >= 11 is 6.75. The predicted octanol–water partition coefficient (Wildman–Crippen LogP) is 3.97. The van der Waals surface area contributed by atoms with Gasteiger partial charge in [0, 0.05) is 11.9 Å². The smallest absolute Gasteiger partial charge is 0.220 e. The number of thiocarbonyl (C=S) groups is 1. The molecule has 0 aliphatic heterocycles. The summed E-state index contributed by atoms with van der Waals surface area (Å²) in [6, 6.07) is 11.3. The minimum atomic E-state index is -0.0933. The molecule has 0 aliphatic carbocycles. The maximum Gasteiger partial charge on any atom is 0.220 e. The molecule has 0 saturated carbocycles. The summed E-state index contributed by atoms with van der Waals surface area (Å²) in [5.41, 5.74) is 3.65. The van der Waals surface area contributed by atoms with E-state index in [-0.39, 0.29) is 10.7 Å². The number of hydrogen-bond acceptors (Lipinski definition) is 7. The summed E-state index contributed by atoms with van der Waals surface area (Å²) in [7, 11) is 3.12. The molecular weight excluding hydrogens is 394 g/mol. The summed E-state index contributed by atoms with van der Waals surface area (Å²) in [4.78, 5) is 8.76. The van der Waals surface area contributed by atoms with Crippen LogP contribution in [0.2, 0.25) is 0 Å². The second-order valence-corrected chi connectivity index (χ2v) is 8.37. The molecule has 2 aromatic rings. The van der Waals surface area contributed by atoms with E-state index >= 15 is 0 Å². The minimum absolute atomic E-state index is 0.0173. The highest BCUT2D eigenvalue weighted by atomic mass is 32.2. The van der Waals surface area contributed by atoms with Crippen molar-refractivity contribution in [3.8, 4) is 11.8 Å². The molecule has 2 N–H and O–H groups in total. The van der Waals surface area contributed by atoms with Crippen LogP contribution in [0.15, 0.2) is 46.7 Å². The van der Waals surface area contributed by atoms with Gasteiger partial charge in [-0.2, -0.15) is 15.1 Å². The number of thioether (sulfide) groups is 1. The van der Waals surface area contributed by atoms with Crippen LogP contribution in [-0.2, 0) is 0 Å². The average Bonchev–Trinajstić information content (AvgIpc) is 2.66. The Bertz CT molecular complexity index is 787. The summed E-state index contributed by atoms with van der Waals surface area (Å²) in [5, 5.41) is 8.32. The van der Waals surface area contributed by atoms with Gasteiger partial charge < -0.3 is 14.8 Å². The van der Waals surface area contributed by atoms with Crippen molar-refractivity contribution in [2.45, 2.75) is 31.2 Å². The molecule has 0 fully saturated rings. The molecule has 0 amide bonds. The van der Waals surface area contributed by atoms with E-state index < -0.39 is 0 Å². The van der Waals surface area contributed by atoms with Gasteiger partial charge in [-0.15, -0.1) is 0 Å². The Balaban J connectivity index is 2.06. The molecule has 0 radical (unpaired) electrons. The van der Waals surface area contributed by atoms with Gasteiger partial charge in [-0.05, 0) is 29.8 Å². The van der Waals surface area contributed by atoms with Crippen molar-refractivity contribution in [3.05, 3.63) is 36.4 Å². The van der Waals surface area contributed by atoms with E-state index in [0.29, 0.717) is 22.0 Å². The Morgan fingerprint density at radius 3 is 2.29 bits per heavy atom. The first kappa shape index (κ1) is 21.9. The lowest BCUT2D eigenvalue weighted by atomic mass is 9.92. The van der Waals surface area contributed by atoms with Crippen molar-refractivity contribution in [2.24, 2.45) is 10.5 Å². The predicted molar refractivity (Wildman–Crippen MR) is 119 cm³/mol. The van der Waals surface area contributed by atoms with Crippen LogP contribution in [0, 0.1) is 5.41 Å². The van der Waals surface area contributed by atoms with Crippen LogP contribution in [0.3, 0.4) is 0 Å². The Hall–Kier alpha value is -2.39. The first-order chi connectivity index (χ1) is 13.3. The fourth-order valence-electron chi connectivity index (χ4n) is 2.03. The molecular formula is C19H25N5O2S2. The summed E-state index contributed by atoms with van der Waals surface area (Å²) in [6.07, 6.45) is 1.80. The van der Waals surface area contributed by atoms with Crippen LogP contribution in [0.25, 0.3) is 0 Å². The van der Waals surface area contributed by atoms with Crippen LogP contribution in [0.5, 0.6) is 11.8 Å². The number of para-hydroxylation sites is 1. The van der Waals surface area contributed by atoms with Crippen LogP contribution < -0.4 is 20.2 Å². The fraction of sp³-hybridized carbons (Fsp3) is 0.368. The van der Waals surface area contributed by atoms with Gasteiger partial charge in [0.05, 0.1) is 25.5 Å². The van der Waals surface area contributed by atoms with E-state index in [0.717, 1.165) is 5.69 Å². The van der Waals surface area contributed by atoms with Gasteiger partial charge in [-0.3, -0.25) is 5.43 Å². The van der Waals surface area contributed by atoms with Crippen LogP contribution >= 0.6 is 24.0 Å². The number of nitrogens with zero attached hydrogens (tertiary/aromatic N) is 3. The number of methoxy groups -OCH3 is 2. The maximum atomic E-state index is 5.28. The van der Waals surface area contributed by atoms with E-state index in [9.17, 15) is 0 Å². The molecule has 1 aromatic carbocycles. The van der Waals surface area contributed by atoms with Crippen molar-refractivity contribution in [1.29, 1.82) is 0 Å². The van der Waals surface area contributed by atoms with Crippen LogP contribution in [0.1, 0.15) is 20.8 Å². The normalized spacial score (nSPS) is 12.5. The van der Waals surface area contributed by atoms with Crippen LogP contribution in [0.4, 0.5) is 5.69 Å². The summed E-state index contributed by atoms with van der Waals surface area (Å²) < 4.78 is 10.4. The van der Waals surface area contributed by atoms with Gasteiger partial charge in [0.1, 0.15) is 0 Å². The highest BCUT2D eigenvalue weighted by Crippen LogP contribution is 2.34. The second-order valence-electron chi connectivity index (χ2n) is 6.85. The van der Waals surface area contributed by atoms with Gasteiger partial charge in [0.15, 0.2) is 10.3 Å².